The molecular weight excluding hydrogens is 292 g/mol. The fourth-order valence-electron chi connectivity index (χ4n) is 2.30. The third kappa shape index (κ3) is 6.09. The van der Waals surface area contributed by atoms with Gasteiger partial charge in [-0.05, 0) is 17.5 Å². The van der Waals surface area contributed by atoms with Crippen LogP contribution in [-0.4, -0.2) is 35.3 Å². The third-order valence-electron chi connectivity index (χ3n) is 3.54. The van der Waals surface area contributed by atoms with Gasteiger partial charge in [0.15, 0.2) is 6.29 Å². The summed E-state index contributed by atoms with van der Waals surface area (Å²) < 4.78 is 5.55. The SMILES string of the molecule is NCC(O)N[C@@H](Cc1ccccc1)C(O)OCc1ccccc1. The van der Waals surface area contributed by atoms with Gasteiger partial charge in [0.25, 0.3) is 0 Å². The Labute approximate surface area is 136 Å². The van der Waals surface area contributed by atoms with Gasteiger partial charge in [-0.3, -0.25) is 5.32 Å². The first-order valence-corrected chi connectivity index (χ1v) is 7.70. The lowest BCUT2D eigenvalue weighted by molar-refractivity contribution is -0.134. The van der Waals surface area contributed by atoms with E-state index in [-0.39, 0.29) is 6.54 Å². The first-order valence-electron chi connectivity index (χ1n) is 7.70. The molecule has 5 nitrogen and oxygen atoms in total. The van der Waals surface area contributed by atoms with Crippen LogP contribution in [0.3, 0.4) is 0 Å². The van der Waals surface area contributed by atoms with Crippen LogP contribution in [0.5, 0.6) is 0 Å². The zero-order valence-corrected chi connectivity index (χ0v) is 13.0. The number of hydrogen-bond acceptors (Lipinski definition) is 5. The summed E-state index contributed by atoms with van der Waals surface area (Å²) in [6.45, 7) is 0.365. The molecule has 0 aliphatic carbocycles. The normalized spacial score (nSPS) is 15.1. The van der Waals surface area contributed by atoms with E-state index in [0.717, 1.165) is 11.1 Å². The first kappa shape index (κ1) is 17.6. The first-order chi connectivity index (χ1) is 11.2. The maximum atomic E-state index is 10.3. The summed E-state index contributed by atoms with van der Waals surface area (Å²) in [6.07, 6.45) is -1.43. The fourth-order valence-corrected chi connectivity index (χ4v) is 2.30. The lowest BCUT2D eigenvalue weighted by atomic mass is 10.1. The lowest BCUT2D eigenvalue weighted by Crippen LogP contribution is -2.50. The molecule has 23 heavy (non-hydrogen) atoms. The maximum absolute atomic E-state index is 10.3. The van der Waals surface area contributed by atoms with Crippen molar-refractivity contribution in [2.45, 2.75) is 31.6 Å². The molecule has 0 saturated carbocycles. The number of aliphatic hydroxyl groups is 2. The summed E-state index contributed by atoms with van der Waals surface area (Å²) in [5.74, 6) is 0. The van der Waals surface area contributed by atoms with Crippen LogP contribution in [-0.2, 0) is 17.8 Å². The predicted molar refractivity (Wildman–Crippen MR) is 89.4 cm³/mol. The van der Waals surface area contributed by atoms with Gasteiger partial charge in [-0.15, -0.1) is 0 Å². The number of ether oxygens (including phenoxy) is 1. The second-order valence-electron chi connectivity index (χ2n) is 5.40. The van der Waals surface area contributed by atoms with Crippen molar-refractivity contribution in [3.05, 3.63) is 71.8 Å². The summed E-state index contributed by atoms with van der Waals surface area (Å²) >= 11 is 0. The number of nitrogens with two attached hydrogens (primary N) is 1. The minimum Gasteiger partial charge on any atom is -0.377 e. The molecule has 2 unspecified atom stereocenters. The minimum atomic E-state index is -1.06. The highest BCUT2D eigenvalue weighted by Crippen LogP contribution is 2.10. The molecule has 0 amide bonds. The molecule has 2 aromatic carbocycles. The topological polar surface area (TPSA) is 87.7 Å². The van der Waals surface area contributed by atoms with Crippen molar-refractivity contribution in [1.29, 1.82) is 0 Å². The minimum absolute atomic E-state index is 0.0662. The van der Waals surface area contributed by atoms with E-state index in [4.69, 9.17) is 10.5 Å². The van der Waals surface area contributed by atoms with Crippen molar-refractivity contribution >= 4 is 0 Å². The van der Waals surface area contributed by atoms with Crippen LogP contribution in [0.15, 0.2) is 60.7 Å². The van der Waals surface area contributed by atoms with E-state index in [9.17, 15) is 10.2 Å². The van der Waals surface area contributed by atoms with Gasteiger partial charge in [0.1, 0.15) is 6.23 Å². The smallest absolute Gasteiger partial charge is 0.170 e. The van der Waals surface area contributed by atoms with Gasteiger partial charge in [0, 0.05) is 6.54 Å². The molecular formula is C18H24N2O3. The highest BCUT2D eigenvalue weighted by molar-refractivity contribution is 5.16. The highest BCUT2D eigenvalue weighted by atomic mass is 16.6. The summed E-state index contributed by atoms with van der Waals surface area (Å²) in [4.78, 5) is 0. The van der Waals surface area contributed by atoms with Gasteiger partial charge < -0.3 is 20.7 Å². The van der Waals surface area contributed by atoms with Crippen LogP contribution in [0.2, 0.25) is 0 Å². The Hall–Kier alpha value is -1.76. The van der Waals surface area contributed by atoms with Crippen molar-refractivity contribution < 1.29 is 14.9 Å². The molecule has 0 spiro atoms. The molecule has 2 rings (SSSR count). The fraction of sp³-hybridized carbons (Fsp3) is 0.333. The largest absolute Gasteiger partial charge is 0.377 e. The molecule has 0 saturated heterocycles. The van der Waals surface area contributed by atoms with E-state index < -0.39 is 18.6 Å². The average Bonchev–Trinajstić information content (AvgIpc) is 2.60. The number of nitrogens with one attached hydrogen (secondary N) is 1. The number of aliphatic hydroxyl groups excluding tert-OH is 2. The van der Waals surface area contributed by atoms with Crippen molar-refractivity contribution in [2.75, 3.05) is 6.54 Å². The molecule has 0 aliphatic heterocycles. The van der Waals surface area contributed by atoms with Gasteiger partial charge in [-0.1, -0.05) is 60.7 Å². The summed E-state index contributed by atoms with van der Waals surface area (Å²) in [6, 6.07) is 18.9. The van der Waals surface area contributed by atoms with Crippen LogP contribution in [0.1, 0.15) is 11.1 Å². The van der Waals surface area contributed by atoms with Gasteiger partial charge in [-0.2, -0.15) is 0 Å². The van der Waals surface area contributed by atoms with E-state index >= 15 is 0 Å². The number of hydrogen-bond donors (Lipinski definition) is 4. The van der Waals surface area contributed by atoms with Crippen LogP contribution in [0, 0.1) is 0 Å². The van der Waals surface area contributed by atoms with E-state index in [1.807, 2.05) is 60.7 Å². The van der Waals surface area contributed by atoms with E-state index in [1.54, 1.807) is 0 Å². The van der Waals surface area contributed by atoms with E-state index in [2.05, 4.69) is 5.32 Å². The summed E-state index contributed by atoms with van der Waals surface area (Å²) in [5.41, 5.74) is 7.46. The molecule has 5 N–H and O–H groups in total. The Balaban J connectivity index is 1.97. The maximum Gasteiger partial charge on any atom is 0.170 e. The summed E-state index contributed by atoms with van der Waals surface area (Å²) in [7, 11) is 0. The Morgan fingerprint density at radius 1 is 0.913 bits per heavy atom. The monoisotopic (exact) mass is 316 g/mol. The Morgan fingerprint density at radius 3 is 2.04 bits per heavy atom. The quantitative estimate of drug-likeness (QED) is 0.519. The molecule has 2 aromatic rings. The number of benzene rings is 2. The van der Waals surface area contributed by atoms with Crippen LogP contribution >= 0.6 is 0 Å². The molecule has 0 heterocycles. The number of rotatable bonds is 9. The van der Waals surface area contributed by atoms with Crippen LogP contribution in [0.4, 0.5) is 0 Å². The standard InChI is InChI=1S/C18H24N2O3/c19-12-17(21)20-16(11-14-7-3-1-4-8-14)18(22)23-13-15-9-5-2-6-10-15/h1-10,16-18,20-22H,11-13,19H2/t16-,17?,18?/m0/s1. The molecule has 0 aliphatic rings. The molecule has 0 fully saturated rings. The average molecular weight is 316 g/mol. The second-order valence-corrected chi connectivity index (χ2v) is 5.40. The van der Waals surface area contributed by atoms with Gasteiger partial charge in [0.05, 0.1) is 12.6 Å². The van der Waals surface area contributed by atoms with E-state index in [0.29, 0.717) is 13.0 Å². The van der Waals surface area contributed by atoms with Crippen molar-refractivity contribution in [3.8, 4) is 0 Å². The second kappa shape index (κ2) is 9.39. The van der Waals surface area contributed by atoms with Gasteiger partial charge >= 0.3 is 0 Å². The lowest BCUT2D eigenvalue weighted by Gasteiger charge is -2.26. The highest BCUT2D eigenvalue weighted by Gasteiger charge is 2.22. The zero-order valence-electron chi connectivity index (χ0n) is 13.0. The summed E-state index contributed by atoms with van der Waals surface area (Å²) in [5, 5.41) is 23.0. The molecule has 0 radical (unpaired) electrons. The zero-order chi connectivity index (χ0) is 16.5. The van der Waals surface area contributed by atoms with E-state index in [1.165, 1.54) is 0 Å². The Bertz CT molecular complexity index is 551. The van der Waals surface area contributed by atoms with Crippen molar-refractivity contribution in [1.82, 2.24) is 5.32 Å². The van der Waals surface area contributed by atoms with Crippen molar-refractivity contribution in [2.24, 2.45) is 5.73 Å². The Morgan fingerprint density at radius 2 is 1.48 bits per heavy atom. The third-order valence-corrected chi connectivity index (χ3v) is 3.54. The molecule has 5 heteroatoms. The van der Waals surface area contributed by atoms with Crippen LogP contribution in [0.25, 0.3) is 0 Å². The van der Waals surface area contributed by atoms with Crippen molar-refractivity contribution in [3.63, 3.8) is 0 Å². The van der Waals surface area contributed by atoms with Crippen LogP contribution < -0.4 is 11.1 Å². The Kier molecular flexibility index (Phi) is 7.19. The molecule has 0 bridgehead atoms. The van der Waals surface area contributed by atoms with Gasteiger partial charge in [0.2, 0.25) is 0 Å². The van der Waals surface area contributed by atoms with Gasteiger partial charge in [-0.25, -0.2) is 0 Å². The molecule has 3 atom stereocenters. The molecule has 0 aromatic heterocycles. The predicted octanol–water partition coefficient (Wildman–Crippen LogP) is 1.000. The molecule has 124 valence electrons.